The summed E-state index contributed by atoms with van der Waals surface area (Å²) in [7, 11) is 0. The molecule has 2 amide bonds. The van der Waals surface area contributed by atoms with Crippen LogP contribution in [0, 0.1) is 0 Å². The number of anilines is 1. The summed E-state index contributed by atoms with van der Waals surface area (Å²) in [5, 5.41) is 10.2. The highest BCUT2D eigenvalue weighted by molar-refractivity contribution is 6.30. The number of benzene rings is 1. The second-order valence-corrected chi connectivity index (χ2v) is 4.67. The minimum absolute atomic E-state index is 0.0286. The van der Waals surface area contributed by atoms with Gasteiger partial charge in [-0.2, -0.15) is 5.10 Å². The average molecular weight is 279 g/mol. The van der Waals surface area contributed by atoms with Gasteiger partial charge in [0.1, 0.15) is 0 Å². The van der Waals surface area contributed by atoms with Gasteiger partial charge in [0.15, 0.2) is 0 Å². The first-order valence-electron chi connectivity index (χ1n) is 5.94. The molecule has 2 aromatic rings. The van der Waals surface area contributed by atoms with Crippen molar-refractivity contribution in [2.45, 2.75) is 19.5 Å². The monoisotopic (exact) mass is 278 g/mol. The summed E-state index contributed by atoms with van der Waals surface area (Å²) in [6, 6.07) is 8.57. The van der Waals surface area contributed by atoms with E-state index in [4.69, 9.17) is 11.6 Å². The van der Waals surface area contributed by atoms with Gasteiger partial charge in [-0.15, -0.1) is 0 Å². The predicted molar refractivity (Wildman–Crippen MR) is 75.3 cm³/mol. The van der Waals surface area contributed by atoms with Crippen molar-refractivity contribution in [1.29, 1.82) is 0 Å². The number of nitrogens with one attached hydrogen (secondary N) is 2. The largest absolute Gasteiger partial charge is 0.334 e. The number of carbonyl (C=O) groups excluding carboxylic acids is 1. The van der Waals surface area contributed by atoms with Crippen molar-refractivity contribution in [2.75, 3.05) is 5.32 Å². The average Bonchev–Trinajstić information content (AvgIpc) is 2.81. The number of aromatic nitrogens is 2. The van der Waals surface area contributed by atoms with Gasteiger partial charge in [0.05, 0.1) is 6.54 Å². The number of urea groups is 1. The fourth-order valence-electron chi connectivity index (χ4n) is 1.69. The smallest absolute Gasteiger partial charge is 0.319 e. The van der Waals surface area contributed by atoms with E-state index in [1.54, 1.807) is 35.1 Å². The summed E-state index contributed by atoms with van der Waals surface area (Å²) in [6.45, 7) is 2.54. The third-order valence-corrected chi connectivity index (χ3v) is 2.72. The van der Waals surface area contributed by atoms with Crippen LogP contribution < -0.4 is 10.6 Å². The molecule has 0 saturated heterocycles. The molecule has 1 aromatic carbocycles. The highest BCUT2D eigenvalue weighted by Gasteiger charge is 2.08. The van der Waals surface area contributed by atoms with Crippen molar-refractivity contribution in [3.8, 4) is 0 Å². The van der Waals surface area contributed by atoms with Crippen molar-refractivity contribution < 1.29 is 4.79 Å². The first-order chi connectivity index (χ1) is 9.13. The molecule has 5 nitrogen and oxygen atoms in total. The van der Waals surface area contributed by atoms with Crippen molar-refractivity contribution in [1.82, 2.24) is 15.1 Å². The molecular weight excluding hydrogens is 264 g/mol. The lowest BCUT2D eigenvalue weighted by Gasteiger charge is -2.14. The highest BCUT2D eigenvalue weighted by Crippen LogP contribution is 2.14. The zero-order chi connectivity index (χ0) is 13.7. The Morgan fingerprint density at radius 2 is 2.32 bits per heavy atom. The molecule has 1 heterocycles. The maximum Gasteiger partial charge on any atom is 0.319 e. The second kappa shape index (κ2) is 6.24. The van der Waals surface area contributed by atoms with E-state index in [0.717, 1.165) is 0 Å². The first kappa shape index (κ1) is 13.4. The van der Waals surface area contributed by atoms with E-state index in [9.17, 15) is 4.79 Å². The van der Waals surface area contributed by atoms with E-state index in [-0.39, 0.29) is 12.1 Å². The third-order valence-electron chi connectivity index (χ3n) is 2.48. The first-order valence-corrected chi connectivity index (χ1v) is 6.32. The van der Waals surface area contributed by atoms with Gasteiger partial charge in [-0.25, -0.2) is 4.79 Å². The lowest BCUT2D eigenvalue weighted by Crippen LogP contribution is -2.38. The molecule has 100 valence electrons. The SMILES string of the molecule is C[C@H](Cn1cccn1)NC(=O)Nc1cccc(Cl)c1. The zero-order valence-electron chi connectivity index (χ0n) is 10.5. The van der Waals surface area contributed by atoms with Gasteiger partial charge in [0.25, 0.3) is 0 Å². The van der Waals surface area contributed by atoms with E-state index < -0.39 is 0 Å². The molecule has 0 aliphatic heterocycles. The number of amides is 2. The van der Waals surface area contributed by atoms with Gasteiger partial charge in [0, 0.05) is 29.1 Å². The number of carbonyl (C=O) groups is 1. The Hall–Kier alpha value is -2.01. The van der Waals surface area contributed by atoms with Crippen LogP contribution in [0.3, 0.4) is 0 Å². The van der Waals surface area contributed by atoms with Crippen LogP contribution in [-0.4, -0.2) is 21.9 Å². The zero-order valence-corrected chi connectivity index (χ0v) is 11.3. The Kier molecular flexibility index (Phi) is 4.41. The maximum absolute atomic E-state index is 11.8. The van der Waals surface area contributed by atoms with E-state index >= 15 is 0 Å². The highest BCUT2D eigenvalue weighted by atomic mass is 35.5. The Balaban J connectivity index is 1.84. The maximum atomic E-state index is 11.8. The Morgan fingerprint density at radius 3 is 3.00 bits per heavy atom. The molecule has 0 saturated carbocycles. The topological polar surface area (TPSA) is 59.0 Å². The molecule has 6 heteroatoms. The lowest BCUT2D eigenvalue weighted by atomic mass is 10.3. The van der Waals surface area contributed by atoms with Crippen LogP contribution in [0.5, 0.6) is 0 Å². The molecule has 2 rings (SSSR count). The van der Waals surface area contributed by atoms with Crippen molar-refractivity contribution >= 4 is 23.3 Å². The van der Waals surface area contributed by atoms with E-state index in [0.29, 0.717) is 17.3 Å². The van der Waals surface area contributed by atoms with Gasteiger partial charge >= 0.3 is 6.03 Å². The summed E-state index contributed by atoms with van der Waals surface area (Å²) >= 11 is 5.85. The molecular formula is C13H15ClN4O. The van der Waals surface area contributed by atoms with Crippen LogP contribution in [0.2, 0.25) is 5.02 Å². The quantitative estimate of drug-likeness (QED) is 0.903. The minimum atomic E-state index is -0.262. The van der Waals surface area contributed by atoms with Crippen LogP contribution in [0.1, 0.15) is 6.92 Å². The summed E-state index contributed by atoms with van der Waals surface area (Å²) in [5.41, 5.74) is 0.663. The molecule has 2 N–H and O–H groups in total. The second-order valence-electron chi connectivity index (χ2n) is 4.24. The Labute approximate surface area is 116 Å². The molecule has 0 bridgehead atoms. The molecule has 0 aliphatic carbocycles. The molecule has 1 atom stereocenters. The Morgan fingerprint density at radius 1 is 1.47 bits per heavy atom. The number of nitrogens with zero attached hydrogens (tertiary/aromatic N) is 2. The van der Waals surface area contributed by atoms with Crippen molar-refractivity contribution in [2.24, 2.45) is 0 Å². The van der Waals surface area contributed by atoms with Crippen LogP contribution >= 0.6 is 11.6 Å². The molecule has 0 radical (unpaired) electrons. The van der Waals surface area contributed by atoms with Crippen LogP contribution in [0.4, 0.5) is 10.5 Å². The van der Waals surface area contributed by atoms with Crippen molar-refractivity contribution in [3.63, 3.8) is 0 Å². The number of hydrogen-bond acceptors (Lipinski definition) is 2. The molecule has 19 heavy (non-hydrogen) atoms. The molecule has 1 aromatic heterocycles. The molecule has 0 spiro atoms. The summed E-state index contributed by atoms with van der Waals surface area (Å²) in [6.07, 6.45) is 3.56. The van der Waals surface area contributed by atoms with Gasteiger partial charge in [0.2, 0.25) is 0 Å². The summed E-state index contributed by atoms with van der Waals surface area (Å²) in [4.78, 5) is 11.8. The summed E-state index contributed by atoms with van der Waals surface area (Å²) < 4.78 is 1.77. The minimum Gasteiger partial charge on any atom is -0.334 e. The fraction of sp³-hybridized carbons (Fsp3) is 0.231. The van der Waals surface area contributed by atoms with Crippen LogP contribution in [0.25, 0.3) is 0 Å². The van der Waals surface area contributed by atoms with E-state index in [1.165, 1.54) is 0 Å². The van der Waals surface area contributed by atoms with Gasteiger partial charge < -0.3 is 10.6 Å². The van der Waals surface area contributed by atoms with Gasteiger partial charge in [-0.3, -0.25) is 4.68 Å². The molecule has 0 unspecified atom stereocenters. The van der Waals surface area contributed by atoms with E-state index in [1.807, 2.05) is 19.2 Å². The normalized spacial score (nSPS) is 11.9. The number of halogens is 1. The van der Waals surface area contributed by atoms with Crippen LogP contribution in [0.15, 0.2) is 42.7 Å². The Bertz CT molecular complexity index is 541. The molecule has 0 fully saturated rings. The lowest BCUT2D eigenvalue weighted by molar-refractivity contribution is 0.247. The van der Waals surface area contributed by atoms with Gasteiger partial charge in [-0.05, 0) is 31.2 Å². The van der Waals surface area contributed by atoms with Crippen molar-refractivity contribution in [3.05, 3.63) is 47.7 Å². The van der Waals surface area contributed by atoms with Gasteiger partial charge in [-0.1, -0.05) is 17.7 Å². The predicted octanol–water partition coefficient (Wildman–Crippen LogP) is 2.75. The van der Waals surface area contributed by atoms with Crippen LogP contribution in [-0.2, 0) is 6.54 Å². The standard InChI is InChI=1S/C13H15ClN4O/c1-10(9-18-7-3-6-15-18)16-13(19)17-12-5-2-4-11(14)8-12/h2-8,10H,9H2,1H3,(H2,16,17,19)/t10-/m1/s1. The summed E-state index contributed by atoms with van der Waals surface area (Å²) in [5.74, 6) is 0. The van der Waals surface area contributed by atoms with E-state index in [2.05, 4.69) is 15.7 Å². The third kappa shape index (κ3) is 4.30. The number of rotatable bonds is 4. The fourth-order valence-corrected chi connectivity index (χ4v) is 1.88. The molecule has 0 aliphatic rings. The number of hydrogen-bond donors (Lipinski definition) is 2.